The average Bonchev–Trinajstić information content (AvgIpc) is 3.06. The van der Waals surface area contributed by atoms with Gasteiger partial charge in [-0.05, 0) is 69.2 Å². The zero-order chi connectivity index (χ0) is 22.3. The molecule has 1 amide bonds. The van der Waals surface area contributed by atoms with Crippen LogP contribution in [0.3, 0.4) is 0 Å². The summed E-state index contributed by atoms with van der Waals surface area (Å²) < 4.78 is 6.34. The molecule has 0 spiro atoms. The molecular formula is C24H24N4O2S. The Hall–Kier alpha value is -3.37. The first-order valence-corrected chi connectivity index (χ1v) is 10.6. The van der Waals surface area contributed by atoms with E-state index in [0.29, 0.717) is 46.5 Å². The molecule has 0 saturated carbocycles. The summed E-state index contributed by atoms with van der Waals surface area (Å²) >= 11 is 5.48. The van der Waals surface area contributed by atoms with Gasteiger partial charge in [-0.1, -0.05) is 18.2 Å². The highest BCUT2D eigenvalue weighted by Gasteiger charge is 2.42. The van der Waals surface area contributed by atoms with Gasteiger partial charge in [0.2, 0.25) is 0 Å². The molecule has 2 N–H and O–H groups in total. The number of fused-ring (bicyclic) bond motifs is 2. The van der Waals surface area contributed by atoms with E-state index in [0.717, 1.165) is 16.7 Å². The number of benzene rings is 2. The number of nitrogens with one attached hydrogen (secondary N) is 2. The maximum atomic E-state index is 13.4. The fourth-order valence-corrected chi connectivity index (χ4v) is 4.40. The Balaban J connectivity index is 1.97. The van der Waals surface area contributed by atoms with Crippen molar-refractivity contribution in [3.05, 3.63) is 69.9 Å². The van der Waals surface area contributed by atoms with Crippen LogP contribution in [0.15, 0.2) is 42.1 Å². The summed E-state index contributed by atoms with van der Waals surface area (Å²) in [4.78, 5) is 15.2. The summed E-state index contributed by atoms with van der Waals surface area (Å²) in [5, 5.41) is 16.5. The lowest BCUT2D eigenvalue weighted by Crippen LogP contribution is -2.48. The van der Waals surface area contributed by atoms with Gasteiger partial charge in [-0.3, -0.25) is 4.79 Å². The van der Waals surface area contributed by atoms with Crippen LogP contribution < -0.4 is 15.4 Å². The highest BCUT2D eigenvalue weighted by molar-refractivity contribution is 7.80. The van der Waals surface area contributed by atoms with Crippen molar-refractivity contribution < 1.29 is 9.53 Å². The van der Waals surface area contributed by atoms with Crippen LogP contribution in [0, 0.1) is 18.3 Å². The van der Waals surface area contributed by atoms with Crippen LogP contribution in [0.1, 0.15) is 53.4 Å². The zero-order valence-electron chi connectivity index (χ0n) is 18.0. The van der Waals surface area contributed by atoms with E-state index >= 15 is 0 Å². The summed E-state index contributed by atoms with van der Waals surface area (Å²) in [5.74, 6) is 0.560. The maximum Gasteiger partial charge on any atom is 0.259 e. The Bertz CT molecular complexity index is 1180. The maximum absolute atomic E-state index is 13.4. The number of rotatable bonds is 3. The SMILES string of the molecule is CCNC(=S)NC1=C(N2Cc3ccccc3C2=O)c2c(ccc(C#N)c2C)OC1(C)C. The second kappa shape index (κ2) is 7.71. The molecule has 0 atom stereocenters. The fourth-order valence-electron chi connectivity index (χ4n) is 4.16. The van der Waals surface area contributed by atoms with Crippen LogP contribution in [-0.2, 0) is 6.54 Å². The van der Waals surface area contributed by atoms with Gasteiger partial charge < -0.3 is 20.3 Å². The molecule has 6 nitrogen and oxygen atoms in total. The Morgan fingerprint density at radius 3 is 2.71 bits per heavy atom. The number of carbonyl (C=O) groups excluding carboxylic acids is 1. The van der Waals surface area contributed by atoms with Gasteiger partial charge in [0.05, 0.1) is 29.6 Å². The average molecular weight is 433 g/mol. The molecule has 2 aliphatic rings. The first-order chi connectivity index (χ1) is 14.8. The van der Waals surface area contributed by atoms with Crippen molar-refractivity contribution in [2.75, 3.05) is 6.54 Å². The number of nitrogens with zero attached hydrogens (tertiary/aromatic N) is 2. The van der Waals surface area contributed by atoms with Gasteiger partial charge >= 0.3 is 0 Å². The molecule has 0 saturated heterocycles. The summed E-state index contributed by atoms with van der Waals surface area (Å²) in [5.41, 5.74) is 4.29. The Labute approximate surface area is 187 Å². The van der Waals surface area contributed by atoms with Gasteiger partial charge in [-0.25, -0.2) is 0 Å². The standard InChI is InChI=1S/C24H24N4O2S/c1-5-26-23(31)27-21-20(28-13-16-8-6-7-9-17(16)22(28)29)19-14(2)15(12-25)10-11-18(19)30-24(21,3)4/h6-11H,5,13H2,1-4H3,(H2,26,27,31). The van der Waals surface area contributed by atoms with Crippen molar-refractivity contribution in [3.63, 3.8) is 0 Å². The highest BCUT2D eigenvalue weighted by atomic mass is 32.1. The van der Waals surface area contributed by atoms with E-state index in [2.05, 4.69) is 16.7 Å². The number of amides is 1. The van der Waals surface area contributed by atoms with E-state index in [1.54, 1.807) is 17.0 Å². The summed E-state index contributed by atoms with van der Waals surface area (Å²) in [6.07, 6.45) is 0. The van der Waals surface area contributed by atoms with Crippen molar-refractivity contribution in [3.8, 4) is 11.8 Å². The lowest BCUT2D eigenvalue weighted by Gasteiger charge is -2.40. The molecule has 2 aliphatic heterocycles. The minimum Gasteiger partial charge on any atom is -0.481 e. The van der Waals surface area contributed by atoms with Crippen molar-refractivity contribution in [1.29, 1.82) is 5.26 Å². The van der Waals surface area contributed by atoms with E-state index in [1.165, 1.54) is 0 Å². The van der Waals surface area contributed by atoms with Crippen molar-refractivity contribution >= 4 is 28.9 Å². The first-order valence-electron chi connectivity index (χ1n) is 10.2. The van der Waals surface area contributed by atoms with E-state index in [4.69, 9.17) is 17.0 Å². The van der Waals surface area contributed by atoms with Gasteiger partial charge in [0.1, 0.15) is 11.4 Å². The predicted octanol–water partition coefficient (Wildman–Crippen LogP) is 3.85. The molecule has 0 bridgehead atoms. The molecule has 0 aromatic heterocycles. The number of ether oxygens (including phenoxy) is 1. The lowest BCUT2D eigenvalue weighted by molar-refractivity contribution is 0.0841. The van der Waals surface area contributed by atoms with E-state index < -0.39 is 5.60 Å². The molecule has 2 heterocycles. The zero-order valence-corrected chi connectivity index (χ0v) is 18.8. The lowest BCUT2D eigenvalue weighted by atomic mass is 9.90. The molecule has 0 unspecified atom stereocenters. The summed E-state index contributed by atoms with van der Waals surface area (Å²) in [6, 6.07) is 13.4. The van der Waals surface area contributed by atoms with Crippen LogP contribution in [-0.4, -0.2) is 28.1 Å². The molecular weight excluding hydrogens is 408 g/mol. The Morgan fingerprint density at radius 2 is 2.03 bits per heavy atom. The minimum atomic E-state index is -0.780. The quantitative estimate of drug-likeness (QED) is 0.718. The largest absolute Gasteiger partial charge is 0.481 e. The minimum absolute atomic E-state index is 0.0790. The van der Waals surface area contributed by atoms with Crippen LogP contribution in [0.4, 0.5) is 0 Å². The van der Waals surface area contributed by atoms with Crippen LogP contribution >= 0.6 is 12.2 Å². The number of thiocarbonyl (C=S) groups is 1. The second-order valence-corrected chi connectivity index (χ2v) is 8.50. The number of carbonyl (C=O) groups is 1. The van der Waals surface area contributed by atoms with E-state index in [9.17, 15) is 10.1 Å². The van der Waals surface area contributed by atoms with Crippen molar-refractivity contribution in [2.24, 2.45) is 0 Å². The molecule has 0 fully saturated rings. The van der Waals surface area contributed by atoms with Crippen LogP contribution in [0.25, 0.3) is 5.70 Å². The normalized spacial score (nSPS) is 16.2. The highest BCUT2D eigenvalue weighted by Crippen LogP contribution is 2.45. The monoisotopic (exact) mass is 432 g/mol. The molecule has 0 radical (unpaired) electrons. The topological polar surface area (TPSA) is 77.4 Å². The molecule has 2 aromatic rings. The number of nitriles is 1. The van der Waals surface area contributed by atoms with E-state index in [1.807, 2.05) is 52.0 Å². The third-order valence-electron chi connectivity index (χ3n) is 5.66. The van der Waals surface area contributed by atoms with Crippen LogP contribution in [0.2, 0.25) is 0 Å². The second-order valence-electron chi connectivity index (χ2n) is 8.09. The Morgan fingerprint density at radius 1 is 1.29 bits per heavy atom. The molecule has 0 aliphatic carbocycles. The first kappa shape index (κ1) is 20.9. The Kier molecular flexibility index (Phi) is 5.19. The van der Waals surface area contributed by atoms with Gasteiger partial charge in [-0.15, -0.1) is 0 Å². The fraction of sp³-hybridized carbons (Fsp3) is 0.292. The summed E-state index contributed by atoms with van der Waals surface area (Å²) in [6.45, 7) is 8.83. The van der Waals surface area contributed by atoms with E-state index in [-0.39, 0.29) is 5.91 Å². The van der Waals surface area contributed by atoms with Gasteiger partial charge in [0.25, 0.3) is 5.91 Å². The summed E-state index contributed by atoms with van der Waals surface area (Å²) in [7, 11) is 0. The van der Waals surface area contributed by atoms with Gasteiger partial charge in [0.15, 0.2) is 5.11 Å². The van der Waals surface area contributed by atoms with Gasteiger partial charge in [0, 0.05) is 17.7 Å². The predicted molar refractivity (Wildman–Crippen MR) is 123 cm³/mol. The van der Waals surface area contributed by atoms with Crippen molar-refractivity contribution in [2.45, 2.75) is 39.8 Å². The molecule has 2 aromatic carbocycles. The molecule has 158 valence electrons. The molecule has 7 heteroatoms. The third kappa shape index (κ3) is 3.43. The number of hydrogen-bond acceptors (Lipinski definition) is 4. The smallest absolute Gasteiger partial charge is 0.259 e. The number of hydrogen-bond donors (Lipinski definition) is 2. The molecule has 31 heavy (non-hydrogen) atoms. The molecule has 4 rings (SSSR count). The van der Waals surface area contributed by atoms with Crippen LogP contribution in [0.5, 0.6) is 5.75 Å². The third-order valence-corrected chi connectivity index (χ3v) is 5.90. The van der Waals surface area contributed by atoms with Crippen molar-refractivity contribution in [1.82, 2.24) is 15.5 Å². The van der Waals surface area contributed by atoms with Gasteiger partial charge in [-0.2, -0.15) is 5.26 Å².